The largest absolute Gasteiger partial charge is 0.388 e. The molecule has 2 heteroatoms. The predicted molar refractivity (Wildman–Crippen MR) is 77.5 cm³/mol. The van der Waals surface area contributed by atoms with Crippen molar-refractivity contribution in [3.05, 3.63) is 35.5 Å². The van der Waals surface area contributed by atoms with Crippen LogP contribution in [0.25, 0.3) is 0 Å². The van der Waals surface area contributed by atoms with E-state index in [2.05, 4.69) is 13.5 Å². The van der Waals surface area contributed by atoms with E-state index < -0.39 is 6.10 Å². The molecular weight excluding hydrogens is 224 g/mol. The third-order valence-corrected chi connectivity index (χ3v) is 2.91. The van der Waals surface area contributed by atoms with Gasteiger partial charge in [0.2, 0.25) is 0 Å². The molecular formula is C16H26O2. The number of aliphatic hydroxyl groups is 1. The molecule has 0 aromatic carbocycles. The van der Waals surface area contributed by atoms with E-state index in [1.807, 2.05) is 19.9 Å². The summed E-state index contributed by atoms with van der Waals surface area (Å²) in [6.45, 7) is 11.4. The average Bonchev–Trinajstić information content (AvgIpc) is 2.28. The summed E-state index contributed by atoms with van der Waals surface area (Å²) in [7, 11) is 0. The van der Waals surface area contributed by atoms with Crippen molar-refractivity contribution in [1.82, 2.24) is 0 Å². The standard InChI is InChI=1S/C16H26O2/c1-6-9-12(4)16(15(18)8-3)14(10-7-2)11-13(5)17/h7,10,15,18H,2,6,8-9,11H2,1,3-5H3/b14-10-,16-12-. The van der Waals surface area contributed by atoms with Crippen LogP contribution in [0.5, 0.6) is 0 Å². The summed E-state index contributed by atoms with van der Waals surface area (Å²) in [5.41, 5.74) is 2.99. The van der Waals surface area contributed by atoms with Crippen molar-refractivity contribution in [2.75, 3.05) is 0 Å². The summed E-state index contributed by atoms with van der Waals surface area (Å²) >= 11 is 0. The minimum Gasteiger partial charge on any atom is -0.388 e. The van der Waals surface area contributed by atoms with Crippen molar-refractivity contribution in [2.45, 2.75) is 59.5 Å². The molecule has 0 aliphatic heterocycles. The number of hydrogen-bond acceptors (Lipinski definition) is 2. The number of Topliss-reactive ketones (excluding diaryl/α,β-unsaturated/α-hetero) is 1. The van der Waals surface area contributed by atoms with E-state index in [4.69, 9.17) is 0 Å². The lowest BCUT2D eigenvalue weighted by molar-refractivity contribution is -0.116. The van der Waals surface area contributed by atoms with Crippen molar-refractivity contribution < 1.29 is 9.90 Å². The normalized spacial score (nSPS) is 15.1. The maximum atomic E-state index is 11.3. The van der Waals surface area contributed by atoms with Crippen LogP contribution in [0.15, 0.2) is 35.5 Å². The minimum absolute atomic E-state index is 0.105. The van der Waals surface area contributed by atoms with E-state index in [9.17, 15) is 9.90 Å². The fourth-order valence-electron chi connectivity index (χ4n) is 2.14. The van der Waals surface area contributed by atoms with Crippen molar-refractivity contribution in [2.24, 2.45) is 0 Å². The summed E-state index contributed by atoms with van der Waals surface area (Å²) in [5, 5.41) is 10.2. The molecule has 0 aromatic rings. The Balaban J connectivity index is 5.50. The number of carbonyl (C=O) groups is 1. The van der Waals surface area contributed by atoms with Crippen LogP contribution in [0.1, 0.15) is 53.4 Å². The number of rotatable bonds is 8. The Bertz CT molecular complexity index is 348. The lowest BCUT2D eigenvalue weighted by Crippen LogP contribution is -2.14. The first-order valence-corrected chi connectivity index (χ1v) is 6.66. The molecule has 1 N–H and O–H groups in total. The molecule has 0 radical (unpaired) electrons. The molecule has 0 spiro atoms. The minimum atomic E-state index is -0.498. The monoisotopic (exact) mass is 250 g/mol. The van der Waals surface area contributed by atoms with Gasteiger partial charge in [-0.3, -0.25) is 4.79 Å². The van der Waals surface area contributed by atoms with Crippen LogP contribution >= 0.6 is 0 Å². The second kappa shape index (κ2) is 8.87. The third kappa shape index (κ3) is 5.46. The van der Waals surface area contributed by atoms with Crippen LogP contribution < -0.4 is 0 Å². The Morgan fingerprint density at radius 2 is 1.94 bits per heavy atom. The summed E-state index contributed by atoms with van der Waals surface area (Å²) in [4.78, 5) is 11.3. The van der Waals surface area contributed by atoms with Gasteiger partial charge in [-0.2, -0.15) is 0 Å². The predicted octanol–water partition coefficient (Wildman–Crippen LogP) is 3.97. The highest BCUT2D eigenvalue weighted by atomic mass is 16.3. The second-order valence-electron chi connectivity index (χ2n) is 4.67. The topological polar surface area (TPSA) is 37.3 Å². The number of hydrogen-bond donors (Lipinski definition) is 1. The van der Waals surface area contributed by atoms with Gasteiger partial charge in [-0.25, -0.2) is 0 Å². The van der Waals surface area contributed by atoms with Crippen molar-refractivity contribution in [3.63, 3.8) is 0 Å². The van der Waals surface area contributed by atoms with E-state index >= 15 is 0 Å². The van der Waals surface area contributed by atoms with Gasteiger partial charge in [0.15, 0.2) is 0 Å². The van der Waals surface area contributed by atoms with E-state index in [0.717, 1.165) is 24.0 Å². The number of ketones is 1. The summed E-state index contributed by atoms with van der Waals surface area (Å²) in [6, 6.07) is 0. The highest BCUT2D eigenvalue weighted by Gasteiger charge is 2.17. The Hall–Kier alpha value is -1.15. The summed E-state index contributed by atoms with van der Waals surface area (Å²) in [6.07, 6.45) is 6.02. The fraction of sp³-hybridized carbons (Fsp3) is 0.562. The summed E-state index contributed by atoms with van der Waals surface area (Å²) in [5.74, 6) is 0.105. The van der Waals surface area contributed by atoms with Gasteiger partial charge in [0.25, 0.3) is 0 Å². The zero-order valence-corrected chi connectivity index (χ0v) is 12.1. The SMILES string of the molecule is C=C/C=C(CC(C)=O)\C(=C(/C)CCC)C(O)CC. The molecule has 2 nitrogen and oxygen atoms in total. The van der Waals surface area contributed by atoms with Gasteiger partial charge in [-0.1, -0.05) is 44.6 Å². The quantitative estimate of drug-likeness (QED) is 0.662. The smallest absolute Gasteiger partial charge is 0.134 e. The lowest BCUT2D eigenvalue weighted by Gasteiger charge is -2.20. The zero-order chi connectivity index (χ0) is 14.1. The van der Waals surface area contributed by atoms with Gasteiger partial charge in [0, 0.05) is 6.42 Å². The molecule has 0 aromatic heterocycles. The molecule has 0 aliphatic rings. The maximum absolute atomic E-state index is 11.3. The van der Waals surface area contributed by atoms with Gasteiger partial charge in [-0.15, -0.1) is 0 Å². The van der Waals surface area contributed by atoms with Crippen molar-refractivity contribution in [1.29, 1.82) is 0 Å². The first kappa shape index (κ1) is 16.9. The van der Waals surface area contributed by atoms with Gasteiger partial charge in [0.05, 0.1) is 6.10 Å². The zero-order valence-electron chi connectivity index (χ0n) is 12.1. The average molecular weight is 250 g/mol. The van der Waals surface area contributed by atoms with Crippen LogP contribution in [0.3, 0.4) is 0 Å². The summed E-state index contributed by atoms with van der Waals surface area (Å²) < 4.78 is 0. The van der Waals surface area contributed by atoms with Crippen LogP contribution in [-0.4, -0.2) is 17.0 Å². The number of aliphatic hydroxyl groups excluding tert-OH is 1. The third-order valence-electron chi connectivity index (χ3n) is 2.91. The lowest BCUT2D eigenvalue weighted by atomic mass is 9.89. The van der Waals surface area contributed by atoms with Crippen molar-refractivity contribution in [3.8, 4) is 0 Å². The van der Waals surface area contributed by atoms with Gasteiger partial charge < -0.3 is 5.11 Å². The number of carbonyl (C=O) groups excluding carboxylic acids is 1. The molecule has 0 saturated carbocycles. The Kier molecular flexibility index (Phi) is 8.30. The molecule has 18 heavy (non-hydrogen) atoms. The number of allylic oxidation sites excluding steroid dienone is 3. The van der Waals surface area contributed by atoms with Crippen LogP contribution in [0.2, 0.25) is 0 Å². The first-order chi connectivity index (χ1) is 8.47. The molecule has 0 fully saturated rings. The Labute approximate surface area is 111 Å². The van der Waals surface area contributed by atoms with Crippen LogP contribution in [-0.2, 0) is 4.79 Å². The molecule has 102 valence electrons. The fourth-order valence-corrected chi connectivity index (χ4v) is 2.14. The Morgan fingerprint density at radius 1 is 1.33 bits per heavy atom. The highest BCUT2D eigenvalue weighted by molar-refractivity contribution is 5.79. The second-order valence-corrected chi connectivity index (χ2v) is 4.67. The van der Waals surface area contributed by atoms with Gasteiger partial charge >= 0.3 is 0 Å². The first-order valence-electron chi connectivity index (χ1n) is 6.66. The molecule has 0 rings (SSSR count). The van der Waals surface area contributed by atoms with Crippen LogP contribution in [0.4, 0.5) is 0 Å². The van der Waals surface area contributed by atoms with Crippen LogP contribution in [0, 0.1) is 0 Å². The van der Waals surface area contributed by atoms with E-state index in [-0.39, 0.29) is 5.78 Å². The molecule has 0 heterocycles. The van der Waals surface area contributed by atoms with Crippen molar-refractivity contribution >= 4 is 5.78 Å². The highest BCUT2D eigenvalue weighted by Crippen LogP contribution is 2.26. The van der Waals surface area contributed by atoms with E-state index in [1.165, 1.54) is 5.57 Å². The molecule has 1 atom stereocenters. The molecule has 0 bridgehead atoms. The van der Waals surface area contributed by atoms with E-state index in [0.29, 0.717) is 12.8 Å². The Morgan fingerprint density at radius 3 is 2.33 bits per heavy atom. The molecule has 1 unspecified atom stereocenters. The molecule has 0 aliphatic carbocycles. The molecule has 0 amide bonds. The van der Waals surface area contributed by atoms with Gasteiger partial charge in [-0.05, 0) is 37.8 Å². The van der Waals surface area contributed by atoms with Gasteiger partial charge in [0.1, 0.15) is 5.78 Å². The van der Waals surface area contributed by atoms with E-state index in [1.54, 1.807) is 13.0 Å². The maximum Gasteiger partial charge on any atom is 0.134 e. The molecule has 0 saturated heterocycles.